The third-order valence-corrected chi connectivity index (χ3v) is 4.76. The van der Waals surface area contributed by atoms with Crippen molar-refractivity contribution in [3.8, 4) is 5.75 Å². The van der Waals surface area contributed by atoms with Gasteiger partial charge in [0.1, 0.15) is 5.75 Å². The molecule has 0 spiro atoms. The highest BCUT2D eigenvalue weighted by Crippen LogP contribution is 2.31. The van der Waals surface area contributed by atoms with Crippen molar-refractivity contribution in [1.82, 2.24) is 15.2 Å². The van der Waals surface area contributed by atoms with Crippen LogP contribution < -0.4 is 15.4 Å². The van der Waals surface area contributed by atoms with Crippen LogP contribution in [-0.2, 0) is 4.79 Å². The lowest BCUT2D eigenvalue weighted by Crippen LogP contribution is -2.21. The zero-order valence-electron chi connectivity index (χ0n) is 13.4. The molecule has 0 fully saturated rings. The van der Waals surface area contributed by atoms with Crippen molar-refractivity contribution in [2.45, 2.75) is 0 Å². The Morgan fingerprint density at radius 3 is 3.12 bits per heavy atom. The molecule has 4 rings (SSSR count). The Labute approximate surface area is 147 Å². The summed E-state index contributed by atoms with van der Waals surface area (Å²) < 4.78 is 6.17. The molecule has 8 heteroatoms. The van der Waals surface area contributed by atoms with Gasteiger partial charge >= 0.3 is 0 Å². The van der Waals surface area contributed by atoms with Gasteiger partial charge in [0, 0.05) is 17.1 Å². The van der Waals surface area contributed by atoms with Gasteiger partial charge in [-0.1, -0.05) is 17.4 Å². The Hall–Kier alpha value is -3.13. The molecule has 0 aliphatic rings. The van der Waals surface area contributed by atoms with Gasteiger partial charge in [-0.3, -0.25) is 9.89 Å². The van der Waals surface area contributed by atoms with Crippen LogP contribution in [-0.4, -0.2) is 34.7 Å². The highest BCUT2D eigenvalue weighted by Gasteiger charge is 2.11. The van der Waals surface area contributed by atoms with E-state index in [2.05, 4.69) is 25.8 Å². The third kappa shape index (κ3) is 3.11. The first-order valence-corrected chi connectivity index (χ1v) is 8.45. The minimum absolute atomic E-state index is 0.143. The van der Waals surface area contributed by atoms with Crippen LogP contribution in [0.15, 0.2) is 42.6 Å². The number of thiazole rings is 1. The van der Waals surface area contributed by atoms with Gasteiger partial charge in [0.2, 0.25) is 5.91 Å². The van der Waals surface area contributed by atoms with Gasteiger partial charge in [-0.05, 0) is 24.3 Å². The number of carbonyl (C=O) groups excluding carboxylic acids is 1. The minimum Gasteiger partial charge on any atom is -0.497 e. The number of hydrogen-bond donors (Lipinski definition) is 3. The van der Waals surface area contributed by atoms with E-state index in [9.17, 15) is 4.79 Å². The highest BCUT2D eigenvalue weighted by molar-refractivity contribution is 7.23. The summed E-state index contributed by atoms with van der Waals surface area (Å²) >= 11 is 1.44. The van der Waals surface area contributed by atoms with E-state index in [1.54, 1.807) is 13.3 Å². The van der Waals surface area contributed by atoms with Crippen molar-refractivity contribution < 1.29 is 9.53 Å². The first-order valence-electron chi connectivity index (χ1n) is 7.63. The normalized spacial score (nSPS) is 10.9. The number of anilines is 2. The SMILES string of the molecule is COc1cccc(NCC(=O)Nc2nc3ccc4[nH]ncc4c3s2)c1. The van der Waals surface area contributed by atoms with Crippen molar-refractivity contribution >= 4 is 49.2 Å². The smallest absolute Gasteiger partial charge is 0.245 e. The van der Waals surface area contributed by atoms with Gasteiger partial charge in [-0.2, -0.15) is 5.10 Å². The molecule has 0 saturated heterocycles. The topological polar surface area (TPSA) is 91.9 Å². The molecular formula is C17H15N5O2S. The lowest BCUT2D eigenvalue weighted by Gasteiger charge is -2.07. The predicted molar refractivity (Wildman–Crippen MR) is 99.4 cm³/mol. The fourth-order valence-electron chi connectivity index (χ4n) is 2.54. The predicted octanol–water partition coefficient (Wildman–Crippen LogP) is 3.23. The number of methoxy groups -OCH3 is 1. The summed E-state index contributed by atoms with van der Waals surface area (Å²) in [5.74, 6) is 0.575. The molecule has 0 unspecified atom stereocenters. The van der Waals surface area contributed by atoms with Crippen molar-refractivity contribution in [3.63, 3.8) is 0 Å². The molecule has 1 amide bonds. The molecule has 3 N–H and O–H groups in total. The summed E-state index contributed by atoms with van der Waals surface area (Å²) in [7, 11) is 1.61. The van der Waals surface area contributed by atoms with E-state index in [0.29, 0.717) is 5.13 Å². The molecule has 0 radical (unpaired) electrons. The maximum Gasteiger partial charge on any atom is 0.245 e. The van der Waals surface area contributed by atoms with Crippen molar-refractivity contribution in [2.24, 2.45) is 0 Å². The molecule has 2 heterocycles. The van der Waals surface area contributed by atoms with Crippen LogP contribution in [0.4, 0.5) is 10.8 Å². The Balaban J connectivity index is 1.46. The number of aromatic amines is 1. The van der Waals surface area contributed by atoms with Gasteiger partial charge < -0.3 is 15.4 Å². The summed E-state index contributed by atoms with van der Waals surface area (Å²) in [6.45, 7) is 0.143. The summed E-state index contributed by atoms with van der Waals surface area (Å²) in [5.41, 5.74) is 2.61. The second-order valence-corrected chi connectivity index (χ2v) is 6.40. The number of carbonyl (C=O) groups is 1. The molecule has 126 valence electrons. The second kappa shape index (κ2) is 6.40. The Bertz CT molecular complexity index is 1060. The van der Waals surface area contributed by atoms with Crippen LogP contribution in [0.2, 0.25) is 0 Å². The third-order valence-electron chi connectivity index (χ3n) is 3.74. The molecule has 7 nitrogen and oxygen atoms in total. The van der Waals surface area contributed by atoms with Crippen LogP contribution in [0, 0.1) is 0 Å². The van der Waals surface area contributed by atoms with Gasteiger partial charge in [0.15, 0.2) is 5.13 Å². The molecule has 0 saturated carbocycles. The highest BCUT2D eigenvalue weighted by atomic mass is 32.1. The van der Waals surface area contributed by atoms with Crippen molar-refractivity contribution in [2.75, 3.05) is 24.3 Å². The summed E-state index contributed by atoms with van der Waals surface area (Å²) in [6, 6.07) is 11.3. The zero-order valence-corrected chi connectivity index (χ0v) is 14.2. The zero-order chi connectivity index (χ0) is 17.2. The number of nitrogens with one attached hydrogen (secondary N) is 3. The van der Waals surface area contributed by atoms with Crippen LogP contribution in [0.25, 0.3) is 21.1 Å². The van der Waals surface area contributed by atoms with Gasteiger partial charge in [0.05, 0.1) is 35.6 Å². The van der Waals surface area contributed by atoms with E-state index in [1.165, 1.54) is 11.3 Å². The monoisotopic (exact) mass is 353 g/mol. The molecule has 0 atom stereocenters. The second-order valence-electron chi connectivity index (χ2n) is 5.40. The average Bonchev–Trinajstić information content (AvgIpc) is 3.25. The molecule has 2 aromatic carbocycles. The van der Waals surface area contributed by atoms with Crippen molar-refractivity contribution in [3.05, 3.63) is 42.6 Å². The average molecular weight is 353 g/mol. The van der Waals surface area contributed by atoms with Crippen LogP contribution >= 0.6 is 11.3 Å². The maximum atomic E-state index is 12.2. The lowest BCUT2D eigenvalue weighted by molar-refractivity contribution is -0.114. The number of aromatic nitrogens is 3. The molecule has 0 aliphatic heterocycles. The number of H-pyrrole nitrogens is 1. The Kier molecular flexibility index (Phi) is 3.95. The number of rotatable bonds is 5. The number of hydrogen-bond acceptors (Lipinski definition) is 6. The maximum absolute atomic E-state index is 12.2. The van der Waals surface area contributed by atoms with Crippen LogP contribution in [0.3, 0.4) is 0 Å². The minimum atomic E-state index is -0.162. The molecule has 4 aromatic rings. The van der Waals surface area contributed by atoms with E-state index < -0.39 is 0 Å². The van der Waals surface area contributed by atoms with Gasteiger partial charge in [-0.25, -0.2) is 4.98 Å². The van der Waals surface area contributed by atoms with E-state index >= 15 is 0 Å². The summed E-state index contributed by atoms with van der Waals surface area (Å²) in [6.07, 6.45) is 1.77. The number of benzene rings is 2. The number of nitrogens with zero attached hydrogens (tertiary/aromatic N) is 2. The standard InChI is InChI=1S/C17H15N5O2S/c1-24-11-4-2-3-10(7-11)18-9-15(23)21-17-20-14-6-5-13-12(8-19-22-13)16(14)25-17/h2-8,18H,9H2,1H3,(H,19,22)(H,20,21,23). The number of amides is 1. The fraction of sp³-hybridized carbons (Fsp3) is 0.118. The number of fused-ring (bicyclic) bond motifs is 3. The van der Waals surface area contributed by atoms with Crippen LogP contribution in [0.1, 0.15) is 0 Å². The van der Waals surface area contributed by atoms with E-state index in [1.807, 2.05) is 36.4 Å². The van der Waals surface area contributed by atoms with Crippen molar-refractivity contribution in [1.29, 1.82) is 0 Å². The molecule has 25 heavy (non-hydrogen) atoms. The van der Waals surface area contributed by atoms with E-state index in [4.69, 9.17) is 4.74 Å². The molecule has 2 aromatic heterocycles. The summed E-state index contributed by atoms with van der Waals surface area (Å²) in [4.78, 5) is 16.6. The van der Waals surface area contributed by atoms with Gasteiger partial charge in [0.25, 0.3) is 0 Å². The van der Waals surface area contributed by atoms with Gasteiger partial charge in [-0.15, -0.1) is 0 Å². The molecule has 0 aliphatic carbocycles. The quantitative estimate of drug-likeness (QED) is 0.512. The summed E-state index contributed by atoms with van der Waals surface area (Å²) in [5, 5.41) is 14.5. The fourth-order valence-corrected chi connectivity index (χ4v) is 3.53. The molecule has 0 bridgehead atoms. The van der Waals surface area contributed by atoms with E-state index in [-0.39, 0.29) is 12.5 Å². The largest absolute Gasteiger partial charge is 0.497 e. The lowest BCUT2D eigenvalue weighted by atomic mass is 10.2. The first-order chi connectivity index (χ1) is 12.2. The number of ether oxygens (including phenoxy) is 1. The Morgan fingerprint density at radius 2 is 2.24 bits per heavy atom. The van der Waals surface area contributed by atoms with Crippen LogP contribution in [0.5, 0.6) is 5.75 Å². The first kappa shape index (κ1) is 15.4. The Morgan fingerprint density at radius 1 is 1.32 bits per heavy atom. The van der Waals surface area contributed by atoms with E-state index in [0.717, 1.165) is 32.6 Å². The molecular weight excluding hydrogens is 338 g/mol.